The number of ether oxygens (including phenoxy) is 1. The maximum absolute atomic E-state index is 12.8. The van der Waals surface area contributed by atoms with E-state index in [-0.39, 0.29) is 0 Å². The number of aryl methyl sites for hydroxylation is 1. The number of aromatic nitrogens is 3. The number of imidazole rings is 1. The van der Waals surface area contributed by atoms with Crippen LogP contribution in [0.4, 0.5) is 21.5 Å². The standard InChI is InChI=1S/C24H23FN6OS/c1-15-3-5-16(6-4-15)30-24(33)31(2)22-8-7-18(11-20(22)26)32-19-9-10-27-21(12-19)23-28-14-17(13-25)29-23/h3-12,14H,13,26H2,1-2H3,(H,28,29)(H,30,33). The molecule has 33 heavy (non-hydrogen) atoms. The number of nitrogens with one attached hydrogen (secondary N) is 2. The van der Waals surface area contributed by atoms with Crippen molar-refractivity contribution < 1.29 is 9.13 Å². The monoisotopic (exact) mass is 462 g/mol. The molecule has 0 radical (unpaired) electrons. The molecule has 2 heterocycles. The van der Waals surface area contributed by atoms with Gasteiger partial charge >= 0.3 is 0 Å². The van der Waals surface area contributed by atoms with E-state index >= 15 is 0 Å². The molecule has 7 nitrogen and oxygen atoms in total. The van der Waals surface area contributed by atoms with Crippen LogP contribution in [0, 0.1) is 6.92 Å². The van der Waals surface area contributed by atoms with Gasteiger partial charge in [0.05, 0.1) is 23.3 Å². The number of nitrogens with two attached hydrogens (primary N) is 1. The van der Waals surface area contributed by atoms with Gasteiger partial charge in [0.15, 0.2) is 10.9 Å². The van der Waals surface area contributed by atoms with Gasteiger partial charge < -0.3 is 25.7 Å². The number of thiocarbonyl (C=S) groups is 1. The summed E-state index contributed by atoms with van der Waals surface area (Å²) in [6, 6.07) is 16.8. The first-order valence-electron chi connectivity index (χ1n) is 10.2. The highest BCUT2D eigenvalue weighted by molar-refractivity contribution is 7.80. The van der Waals surface area contributed by atoms with Crippen LogP contribution >= 0.6 is 12.2 Å². The average Bonchev–Trinajstić information content (AvgIpc) is 3.30. The summed E-state index contributed by atoms with van der Waals surface area (Å²) < 4.78 is 18.7. The fourth-order valence-electron chi connectivity index (χ4n) is 3.15. The Morgan fingerprint density at radius 2 is 1.88 bits per heavy atom. The number of alkyl halides is 1. The van der Waals surface area contributed by atoms with Crippen LogP contribution < -0.4 is 20.7 Å². The van der Waals surface area contributed by atoms with E-state index in [9.17, 15) is 4.39 Å². The van der Waals surface area contributed by atoms with E-state index in [1.54, 1.807) is 29.3 Å². The third-order valence-electron chi connectivity index (χ3n) is 4.95. The zero-order valence-electron chi connectivity index (χ0n) is 18.2. The van der Waals surface area contributed by atoms with Crippen molar-refractivity contribution in [3.05, 3.63) is 78.2 Å². The second-order valence-corrected chi connectivity index (χ2v) is 7.83. The van der Waals surface area contributed by atoms with Crippen molar-refractivity contribution in [1.29, 1.82) is 0 Å². The minimum Gasteiger partial charge on any atom is -0.457 e. The predicted octanol–water partition coefficient (Wildman–Crippen LogP) is 5.46. The molecule has 2 aromatic heterocycles. The minimum absolute atomic E-state index is 0.389. The van der Waals surface area contributed by atoms with Crippen molar-refractivity contribution in [3.8, 4) is 23.0 Å². The van der Waals surface area contributed by atoms with Crippen LogP contribution in [0.5, 0.6) is 11.5 Å². The number of pyridine rings is 1. The first-order chi connectivity index (χ1) is 15.9. The first-order valence-corrected chi connectivity index (χ1v) is 10.6. The fourth-order valence-corrected chi connectivity index (χ4v) is 3.37. The lowest BCUT2D eigenvalue weighted by molar-refractivity contribution is 0.477. The van der Waals surface area contributed by atoms with Crippen LogP contribution in [0.3, 0.4) is 0 Å². The lowest BCUT2D eigenvalue weighted by Gasteiger charge is -2.23. The second kappa shape index (κ2) is 9.66. The molecule has 0 spiro atoms. The molecule has 0 aliphatic heterocycles. The van der Waals surface area contributed by atoms with Gasteiger partial charge in [-0.05, 0) is 49.5 Å². The summed E-state index contributed by atoms with van der Waals surface area (Å²) in [5.41, 5.74) is 10.6. The van der Waals surface area contributed by atoms with Crippen LogP contribution in [0.25, 0.3) is 11.5 Å². The number of halogens is 1. The molecule has 9 heteroatoms. The number of benzene rings is 2. The molecule has 168 valence electrons. The highest BCUT2D eigenvalue weighted by Gasteiger charge is 2.13. The van der Waals surface area contributed by atoms with Crippen LogP contribution in [0.2, 0.25) is 0 Å². The van der Waals surface area contributed by atoms with E-state index in [1.165, 1.54) is 11.8 Å². The Hall–Kier alpha value is -3.98. The van der Waals surface area contributed by atoms with Gasteiger partial charge in [0.1, 0.15) is 23.9 Å². The lowest BCUT2D eigenvalue weighted by atomic mass is 10.2. The van der Waals surface area contributed by atoms with Crippen LogP contribution in [-0.4, -0.2) is 27.1 Å². The Labute approximate surface area is 196 Å². The molecular formula is C24H23FN6OS. The van der Waals surface area contributed by atoms with Crippen molar-refractivity contribution in [3.63, 3.8) is 0 Å². The molecule has 0 saturated heterocycles. The molecule has 4 rings (SSSR count). The van der Waals surface area contributed by atoms with Gasteiger partial charge in [-0.2, -0.15) is 0 Å². The highest BCUT2D eigenvalue weighted by atomic mass is 32.1. The third kappa shape index (κ3) is 5.27. The van der Waals surface area contributed by atoms with E-state index in [0.717, 1.165) is 11.4 Å². The Kier molecular flexibility index (Phi) is 6.50. The number of nitrogens with zero attached hydrogens (tertiary/aromatic N) is 3. The zero-order valence-corrected chi connectivity index (χ0v) is 19.0. The number of nitrogen functional groups attached to an aromatic ring is 1. The van der Waals surface area contributed by atoms with Gasteiger partial charge in [-0.1, -0.05) is 17.7 Å². The largest absolute Gasteiger partial charge is 0.457 e. The number of H-pyrrole nitrogens is 1. The Bertz CT molecular complexity index is 1270. The van der Waals surface area contributed by atoms with Crippen LogP contribution in [0.1, 0.15) is 11.3 Å². The molecule has 0 aliphatic rings. The summed E-state index contributed by atoms with van der Waals surface area (Å²) in [4.78, 5) is 13.1. The van der Waals surface area contributed by atoms with E-state index < -0.39 is 6.67 Å². The topological polar surface area (TPSA) is 92.1 Å². The van der Waals surface area contributed by atoms with Crippen molar-refractivity contribution in [2.75, 3.05) is 23.0 Å². The van der Waals surface area contributed by atoms with Gasteiger partial charge in [0, 0.05) is 31.1 Å². The smallest absolute Gasteiger partial charge is 0.177 e. The Morgan fingerprint density at radius 1 is 1.12 bits per heavy atom. The van der Waals surface area contributed by atoms with Crippen LogP contribution in [-0.2, 0) is 6.67 Å². The summed E-state index contributed by atoms with van der Waals surface area (Å²) in [6.07, 6.45) is 3.04. The van der Waals surface area contributed by atoms with Gasteiger partial charge in [-0.15, -0.1) is 0 Å². The van der Waals surface area contributed by atoms with E-state index in [0.29, 0.717) is 39.5 Å². The summed E-state index contributed by atoms with van der Waals surface area (Å²) in [5.74, 6) is 1.58. The molecular weight excluding hydrogens is 439 g/mol. The van der Waals surface area contributed by atoms with Gasteiger partial charge in [0.2, 0.25) is 0 Å². The van der Waals surface area contributed by atoms with E-state index in [4.69, 9.17) is 22.7 Å². The van der Waals surface area contributed by atoms with Gasteiger partial charge in [-0.25, -0.2) is 9.37 Å². The molecule has 0 aliphatic carbocycles. The zero-order chi connectivity index (χ0) is 23.4. The molecule has 4 aromatic rings. The van der Waals surface area contributed by atoms with E-state index in [2.05, 4.69) is 20.3 Å². The average molecular weight is 463 g/mol. The van der Waals surface area contributed by atoms with Crippen LogP contribution in [0.15, 0.2) is 67.0 Å². The molecule has 0 atom stereocenters. The molecule has 0 amide bonds. The fraction of sp³-hybridized carbons (Fsp3) is 0.125. The lowest BCUT2D eigenvalue weighted by Crippen LogP contribution is -2.31. The number of hydrogen-bond donors (Lipinski definition) is 3. The van der Waals surface area contributed by atoms with Crippen molar-refractivity contribution >= 4 is 34.4 Å². The molecule has 2 aromatic carbocycles. The predicted molar refractivity (Wildman–Crippen MR) is 133 cm³/mol. The number of anilines is 3. The summed E-state index contributed by atoms with van der Waals surface area (Å²) in [6.45, 7) is 1.41. The number of aromatic amines is 1. The first kappa shape index (κ1) is 22.2. The highest BCUT2D eigenvalue weighted by Crippen LogP contribution is 2.31. The maximum Gasteiger partial charge on any atom is 0.177 e. The summed E-state index contributed by atoms with van der Waals surface area (Å²) in [7, 11) is 1.85. The second-order valence-electron chi connectivity index (χ2n) is 7.45. The molecule has 0 bridgehead atoms. The van der Waals surface area contributed by atoms with Gasteiger partial charge in [-0.3, -0.25) is 4.98 Å². The Morgan fingerprint density at radius 3 is 2.58 bits per heavy atom. The molecule has 0 fully saturated rings. The molecule has 4 N–H and O–H groups in total. The van der Waals surface area contributed by atoms with Crippen molar-refractivity contribution in [1.82, 2.24) is 15.0 Å². The number of rotatable bonds is 6. The third-order valence-corrected chi connectivity index (χ3v) is 5.33. The van der Waals surface area contributed by atoms with E-state index in [1.807, 2.05) is 50.4 Å². The number of hydrogen-bond acceptors (Lipinski definition) is 5. The minimum atomic E-state index is -0.618. The SMILES string of the molecule is Cc1ccc(NC(=S)N(C)c2ccc(Oc3ccnc(-c4ncc(CF)[nH]4)c3)cc2N)cc1. The molecule has 0 unspecified atom stereocenters. The van der Waals surface area contributed by atoms with Crippen molar-refractivity contribution in [2.45, 2.75) is 13.6 Å². The maximum atomic E-state index is 12.8. The van der Waals surface area contributed by atoms with Crippen molar-refractivity contribution in [2.24, 2.45) is 0 Å². The normalized spacial score (nSPS) is 10.6. The quantitative estimate of drug-likeness (QED) is 0.259. The Balaban J connectivity index is 1.46. The molecule has 0 saturated carbocycles. The van der Waals surface area contributed by atoms with Gasteiger partial charge in [0.25, 0.3) is 0 Å². The summed E-state index contributed by atoms with van der Waals surface area (Å²) >= 11 is 5.53. The summed E-state index contributed by atoms with van der Waals surface area (Å²) in [5, 5.41) is 3.73.